The van der Waals surface area contributed by atoms with E-state index in [1.165, 1.54) is 0 Å². The summed E-state index contributed by atoms with van der Waals surface area (Å²) in [4.78, 5) is 0. The topological polar surface area (TPSA) is 53.9 Å². The van der Waals surface area contributed by atoms with Crippen LogP contribution in [0.15, 0.2) is 22.7 Å². The molecule has 1 heterocycles. The van der Waals surface area contributed by atoms with E-state index >= 15 is 0 Å². The lowest BCUT2D eigenvalue weighted by molar-refractivity contribution is 0.960. The van der Waals surface area contributed by atoms with E-state index in [0.717, 1.165) is 24.7 Å². The monoisotopic (exact) mass is 196 g/mol. The average molecular weight is 196 g/mol. The number of aromatic nitrogens is 3. The first-order valence-corrected chi connectivity index (χ1v) is 4.68. The minimum absolute atomic E-state index is 0.883. The van der Waals surface area contributed by atoms with E-state index in [0.29, 0.717) is 0 Å². The molecule has 1 atom stereocenters. The lowest BCUT2D eigenvalue weighted by Crippen LogP contribution is -1.92. The van der Waals surface area contributed by atoms with Gasteiger partial charge in [-0.2, -0.15) is 15.4 Å². The number of para-hydroxylation sites is 1. The second kappa shape index (κ2) is 3.26. The molecule has 0 aliphatic carbocycles. The first-order valence-electron chi connectivity index (χ1n) is 3.32. The molecule has 2 rings (SSSR count). The normalized spacial score (nSPS) is 11.4. The summed E-state index contributed by atoms with van der Waals surface area (Å²) in [6.45, 7) is 0. The van der Waals surface area contributed by atoms with E-state index in [1.807, 2.05) is 18.2 Å². The molecule has 1 N–H and O–H groups in total. The van der Waals surface area contributed by atoms with E-state index in [-0.39, 0.29) is 0 Å². The number of fused-ring (bicyclic) bond motifs is 1. The third-order valence-corrected chi connectivity index (χ3v) is 2.53. The number of rotatable bonds is 1. The Labute approximate surface area is 72.9 Å². The Morgan fingerprint density at radius 3 is 3.17 bits per heavy atom. The van der Waals surface area contributed by atoms with Gasteiger partial charge in [-0.3, -0.25) is 0 Å². The zero-order valence-corrected chi connectivity index (χ0v) is 8.15. The molecule has 0 amide bonds. The highest BCUT2D eigenvalue weighted by Gasteiger charge is 2.01. The Morgan fingerprint density at radius 1 is 1.42 bits per heavy atom. The average Bonchev–Trinajstić information content (AvgIpc) is 2.53. The molecule has 1 aromatic carbocycles. The third-order valence-electron chi connectivity index (χ3n) is 1.49. The summed E-state index contributed by atoms with van der Waals surface area (Å²) in [6, 6.07) is 5.85. The molecule has 0 radical (unpaired) electrons. The zero-order chi connectivity index (χ0) is 8.39. The smallest absolute Gasteiger partial charge is 0.126 e. The highest BCUT2D eigenvalue weighted by atomic mass is 31.1. The summed E-state index contributed by atoms with van der Waals surface area (Å²) in [7, 11) is 3.23. The molecule has 0 spiro atoms. The van der Waals surface area contributed by atoms with Gasteiger partial charge < -0.3 is 0 Å². The lowest BCUT2D eigenvalue weighted by Gasteiger charge is -1.89. The summed E-state index contributed by atoms with van der Waals surface area (Å²) in [5.41, 5.74) is 1.78. The molecule has 0 bridgehead atoms. The fraction of sp³-hybridized carbons (Fsp3) is 0. The number of aromatic amines is 1. The van der Waals surface area contributed by atoms with Crippen LogP contribution in [0.5, 0.6) is 0 Å². The highest BCUT2D eigenvalue weighted by molar-refractivity contribution is 7.43. The number of nitrogens with zero attached hydrogens (tertiary/aromatic N) is 3. The molecule has 0 fully saturated rings. The van der Waals surface area contributed by atoms with Gasteiger partial charge in [0.05, 0.1) is 5.30 Å². The molecule has 0 saturated carbocycles. The summed E-state index contributed by atoms with van der Waals surface area (Å²) in [5.74, 6) is 0. The van der Waals surface area contributed by atoms with Crippen molar-refractivity contribution in [2.75, 3.05) is 0 Å². The van der Waals surface area contributed by atoms with Crippen LogP contribution in [0.2, 0.25) is 0 Å². The SMILES string of the molecule is PN=Pc1cccc2n[nH]nc12. The molecule has 2 aromatic rings. The van der Waals surface area contributed by atoms with Crippen molar-refractivity contribution in [1.29, 1.82) is 0 Å². The van der Waals surface area contributed by atoms with Gasteiger partial charge in [-0.15, -0.1) is 0 Å². The van der Waals surface area contributed by atoms with Crippen LogP contribution >= 0.6 is 17.8 Å². The van der Waals surface area contributed by atoms with Crippen LogP contribution in [-0.2, 0) is 0 Å². The second-order valence-corrected chi connectivity index (χ2v) is 3.79. The Morgan fingerprint density at radius 2 is 2.33 bits per heavy atom. The quantitative estimate of drug-likeness (QED) is 0.702. The Bertz CT molecular complexity index is 422. The summed E-state index contributed by atoms with van der Waals surface area (Å²) < 4.78 is 3.94. The van der Waals surface area contributed by atoms with Crippen molar-refractivity contribution in [2.24, 2.45) is 4.52 Å². The minimum atomic E-state index is 0.883. The fourth-order valence-corrected chi connectivity index (χ4v) is 1.91. The highest BCUT2D eigenvalue weighted by Crippen LogP contribution is 2.12. The van der Waals surface area contributed by atoms with Crippen molar-refractivity contribution in [3.63, 3.8) is 0 Å². The molecule has 4 nitrogen and oxygen atoms in total. The molecule has 1 aromatic heterocycles. The van der Waals surface area contributed by atoms with Crippen molar-refractivity contribution in [3.05, 3.63) is 18.2 Å². The molecular formula is C6H6N4P2. The van der Waals surface area contributed by atoms with Gasteiger partial charge in [0.25, 0.3) is 0 Å². The number of H-pyrrole nitrogens is 1. The fourth-order valence-electron chi connectivity index (χ4n) is 0.996. The minimum Gasteiger partial charge on any atom is -0.247 e. The van der Waals surface area contributed by atoms with Crippen LogP contribution in [-0.4, -0.2) is 15.4 Å². The van der Waals surface area contributed by atoms with Crippen LogP contribution in [0.25, 0.3) is 11.0 Å². The van der Waals surface area contributed by atoms with Crippen LogP contribution < -0.4 is 5.30 Å². The molecule has 0 aliphatic heterocycles. The van der Waals surface area contributed by atoms with Crippen LogP contribution in [0.4, 0.5) is 0 Å². The lowest BCUT2D eigenvalue weighted by atomic mass is 10.3. The number of nitrogens with one attached hydrogen (secondary N) is 1. The molecule has 60 valence electrons. The second-order valence-electron chi connectivity index (χ2n) is 2.18. The van der Waals surface area contributed by atoms with Crippen molar-refractivity contribution in [1.82, 2.24) is 15.4 Å². The van der Waals surface area contributed by atoms with Crippen LogP contribution in [0.3, 0.4) is 0 Å². The van der Waals surface area contributed by atoms with E-state index in [2.05, 4.69) is 29.3 Å². The summed E-state index contributed by atoms with van der Waals surface area (Å²) >= 11 is 0. The molecule has 1 unspecified atom stereocenters. The van der Waals surface area contributed by atoms with Gasteiger partial charge in [-0.25, -0.2) is 4.52 Å². The molecule has 12 heavy (non-hydrogen) atoms. The molecular weight excluding hydrogens is 190 g/mol. The maximum atomic E-state index is 4.02. The van der Waals surface area contributed by atoms with Gasteiger partial charge in [-0.05, 0) is 21.5 Å². The van der Waals surface area contributed by atoms with E-state index < -0.39 is 0 Å². The Hall–Kier alpha value is -0.850. The van der Waals surface area contributed by atoms with E-state index in [1.54, 1.807) is 0 Å². The zero-order valence-electron chi connectivity index (χ0n) is 6.10. The molecule has 6 heteroatoms. The largest absolute Gasteiger partial charge is 0.247 e. The first-order chi connectivity index (χ1) is 5.92. The van der Waals surface area contributed by atoms with Crippen molar-refractivity contribution < 1.29 is 0 Å². The van der Waals surface area contributed by atoms with Gasteiger partial charge in [-0.1, -0.05) is 6.07 Å². The van der Waals surface area contributed by atoms with Gasteiger partial charge in [0, 0.05) is 8.37 Å². The van der Waals surface area contributed by atoms with Crippen LogP contribution in [0.1, 0.15) is 0 Å². The number of benzene rings is 1. The predicted molar refractivity (Wildman–Crippen MR) is 52.6 cm³/mol. The van der Waals surface area contributed by atoms with Gasteiger partial charge in [0.15, 0.2) is 0 Å². The van der Waals surface area contributed by atoms with Gasteiger partial charge in [0.1, 0.15) is 11.0 Å². The van der Waals surface area contributed by atoms with E-state index in [4.69, 9.17) is 0 Å². The van der Waals surface area contributed by atoms with Gasteiger partial charge in [0.2, 0.25) is 0 Å². The Balaban J connectivity index is 2.73. The maximum absolute atomic E-state index is 4.02. The summed E-state index contributed by atoms with van der Waals surface area (Å²) in [5, 5.41) is 11.6. The standard InChI is InChI=1S/C6H6N4P2/c11-10-12-5-3-1-2-4-6(5)8-9-7-4/h1-3H,11H2,(H,7,8,9). The maximum Gasteiger partial charge on any atom is 0.126 e. The van der Waals surface area contributed by atoms with Crippen molar-refractivity contribution in [3.8, 4) is 0 Å². The third kappa shape index (κ3) is 1.24. The molecule has 0 aliphatic rings. The summed E-state index contributed by atoms with van der Waals surface area (Å²) in [6.07, 6.45) is 0. The van der Waals surface area contributed by atoms with Crippen LogP contribution in [0, 0.1) is 0 Å². The predicted octanol–water partition coefficient (Wildman–Crippen LogP) is 1.50. The molecule has 0 saturated heterocycles. The number of hydrogen-bond acceptors (Lipinski definition) is 3. The van der Waals surface area contributed by atoms with Gasteiger partial charge >= 0.3 is 0 Å². The van der Waals surface area contributed by atoms with Crippen molar-refractivity contribution >= 4 is 34.1 Å². The van der Waals surface area contributed by atoms with Crippen molar-refractivity contribution in [2.45, 2.75) is 0 Å². The Kier molecular flexibility index (Phi) is 2.11. The first kappa shape index (κ1) is 7.78. The van der Waals surface area contributed by atoms with E-state index in [9.17, 15) is 0 Å². The number of hydrogen-bond donors (Lipinski definition) is 1.